The number of nitrogens with zero attached hydrogens (tertiary/aromatic N) is 3. The molecule has 2 heterocycles. The Hall–Kier alpha value is -5.06. The number of halogens is 2. The molecule has 0 unspecified atom stereocenters. The lowest BCUT2D eigenvalue weighted by Crippen LogP contribution is -2.24. The van der Waals surface area contributed by atoms with Crippen molar-refractivity contribution in [3.63, 3.8) is 0 Å². The van der Waals surface area contributed by atoms with Crippen molar-refractivity contribution in [1.82, 2.24) is 20.2 Å². The zero-order valence-corrected chi connectivity index (χ0v) is 22.6. The molecule has 1 aliphatic heterocycles. The van der Waals surface area contributed by atoms with Gasteiger partial charge in [0, 0.05) is 29.4 Å². The molecule has 0 saturated heterocycles. The molecular formula is C30H27F2N5O4. The van der Waals surface area contributed by atoms with E-state index in [4.69, 9.17) is 9.47 Å². The summed E-state index contributed by atoms with van der Waals surface area (Å²) in [6, 6.07) is 15.3. The van der Waals surface area contributed by atoms with Crippen LogP contribution in [0.1, 0.15) is 38.9 Å². The Morgan fingerprint density at radius 3 is 2.37 bits per heavy atom. The van der Waals surface area contributed by atoms with Crippen LogP contribution in [-0.4, -0.2) is 47.4 Å². The highest BCUT2D eigenvalue weighted by molar-refractivity contribution is 6.03. The number of ether oxygens (including phenoxy) is 2. The molecule has 2 N–H and O–H groups in total. The predicted octanol–water partition coefficient (Wildman–Crippen LogP) is 5.09. The minimum atomic E-state index is -0.827. The number of hydrogen-bond acceptors (Lipinski definition) is 7. The Bertz CT molecular complexity index is 1610. The van der Waals surface area contributed by atoms with Crippen molar-refractivity contribution in [2.45, 2.75) is 20.0 Å². The molecule has 11 heteroatoms. The van der Waals surface area contributed by atoms with E-state index in [1.165, 1.54) is 13.2 Å². The zero-order chi connectivity index (χ0) is 29.1. The Morgan fingerprint density at radius 1 is 0.976 bits per heavy atom. The van der Waals surface area contributed by atoms with E-state index in [1.54, 1.807) is 54.5 Å². The highest BCUT2D eigenvalue weighted by Crippen LogP contribution is 2.35. The van der Waals surface area contributed by atoms with Crippen molar-refractivity contribution in [3.05, 3.63) is 94.7 Å². The van der Waals surface area contributed by atoms with Crippen LogP contribution in [0.2, 0.25) is 0 Å². The van der Waals surface area contributed by atoms with Crippen LogP contribution in [0, 0.1) is 11.6 Å². The van der Waals surface area contributed by atoms with Gasteiger partial charge in [-0.25, -0.2) is 18.7 Å². The monoisotopic (exact) mass is 559 g/mol. The molecule has 9 nitrogen and oxygen atoms in total. The fourth-order valence-electron chi connectivity index (χ4n) is 4.59. The van der Waals surface area contributed by atoms with Crippen LogP contribution in [0.4, 0.5) is 20.3 Å². The lowest BCUT2D eigenvalue weighted by Gasteiger charge is -2.18. The first-order valence-corrected chi connectivity index (χ1v) is 12.8. The topological polar surface area (TPSA) is 106 Å². The Kier molecular flexibility index (Phi) is 7.77. The average Bonchev–Trinajstić information content (AvgIpc) is 3.28. The van der Waals surface area contributed by atoms with Gasteiger partial charge in [0.1, 0.15) is 34.5 Å². The molecule has 2 amide bonds. The molecule has 0 aliphatic carbocycles. The third-order valence-corrected chi connectivity index (χ3v) is 6.61. The first kappa shape index (κ1) is 27.5. The number of aromatic nitrogens is 2. The lowest BCUT2D eigenvalue weighted by molar-refractivity contribution is 0.0765. The minimum Gasteiger partial charge on any atom is -0.497 e. The quantitative estimate of drug-likeness (QED) is 0.294. The van der Waals surface area contributed by atoms with Crippen LogP contribution in [0.25, 0.3) is 11.4 Å². The highest BCUT2D eigenvalue weighted by Gasteiger charge is 2.34. The summed E-state index contributed by atoms with van der Waals surface area (Å²) >= 11 is 0. The second kappa shape index (κ2) is 11.6. The van der Waals surface area contributed by atoms with Crippen molar-refractivity contribution in [2.75, 3.05) is 26.1 Å². The standard InChI is InChI=1S/C30H27F2N5O4/c1-4-33-29(38)17-8-11-19(12-9-17)34-28-26-23(35-27(36-28)25-21(31)6-5-7-22(25)32)16-37(30(26)39)15-18-10-13-20(40-2)14-24(18)41-3/h5-14H,4,15-16H2,1-3H3,(H,33,38)(H,34,35,36). The highest BCUT2D eigenvalue weighted by atomic mass is 19.1. The van der Waals surface area contributed by atoms with Crippen LogP contribution in [-0.2, 0) is 13.1 Å². The molecule has 0 bridgehead atoms. The predicted molar refractivity (Wildman–Crippen MR) is 148 cm³/mol. The van der Waals surface area contributed by atoms with Crippen molar-refractivity contribution >= 4 is 23.3 Å². The van der Waals surface area contributed by atoms with Gasteiger partial charge in [0.15, 0.2) is 5.82 Å². The van der Waals surface area contributed by atoms with E-state index in [0.717, 1.165) is 17.7 Å². The van der Waals surface area contributed by atoms with Gasteiger partial charge < -0.3 is 25.0 Å². The van der Waals surface area contributed by atoms with Crippen LogP contribution < -0.4 is 20.1 Å². The molecule has 1 aromatic heterocycles. The van der Waals surface area contributed by atoms with Gasteiger partial charge in [-0.05, 0) is 55.5 Å². The number of methoxy groups -OCH3 is 2. The van der Waals surface area contributed by atoms with E-state index in [1.807, 2.05) is 6.92 Å². The number of amides is 2. The number of rotatable bonds is 9. The number of nitrogens with one attached hydrogen (secondary N) is 2. The molecular weight excluding hydrogens is 532 g/mol. The summed E-state index contributed by atoms with van der Waals surface area (Å²) in [6.07, 6.45) is 0. The Labute approximate surface area is 235 Å². The zero-order valence-electron chi connectivity index (χ0n) is 22.6. The molecule has 0 saturated carbocycles. The SMILES string of the molecule is CCNC(=O)c1ccc(Nc2nc(-c3c(F)cccc3F)nc3c2C(=O)N(Cc2ccc(OC)cc2OC)C3)cc1. The van der Waals surface area contributed by atoms with Gasteiger partial charge in [0.05, 0.1) is 38.6 Å². The third-order valence-electron chi connectivity index (χ3n) is 6.61. The molecule has 0 fully saturated rings. The maximum atomic E-state index is 14.7. The molecule has 41 heavy (non-hydrogen) atoms. The van der Waals surface area contributed by atoms with Crippen LogP contribution >= 0.6 is 0 Å². The van der Waals surface area contributed by atoms with Gasteiger partial charge in [0.2, 0.25) is 0 Å². The molecule has 0 atom stereocenters. The Balaban J connectivity index is 1.53. The van der Waals surface area contributed by atoms with E-state index in [-0.39, 0.29) is 42.1 Å². The fraction of sp³-hybridized carbons (Fsp3) is 0.200. The van der Waals surface area contributed by atoms with Gasteiger partial charge in [-0.1, -0.05) is 6.07 Å². The second-order valence-electron chi connectivity index (χ2n) is 9.21. The van der Waals surface area contributed by atoms with Gasteiger partial charge >= 0.3 is 0 Å². The van der Waals surface area contributed by atoms with E-state index < -0.39 is 17.2 Å². The molecule has 4 aromatic rings. The number of hydrogen-bond donors (Lipinski definition) is 2. The van der Waals surface area contributed by atoms with Crippen LogP contribution in [0.3, 0.4) is 0 Å². The summed E-state index contributed by atoms with van der Waals surface area (Å²) in [4.78, 5) is 36.2. The average molecular weight is 560 g/mol. The Morgan fingerprint density at radius 2 is 1.71 bits per heavy atom. The molecule has 1 aliphatic rings. The van der Waals surface area contributed by atoms with Gasteiger partial charge in [-0.15, -0.1) is 0 Å². The van der Waals surface area contributed by atoms with Crippen LogP contribution in [0.5, 0.6) is 11.5 Å². The summed E-state index contributed by atoms with van der Waals surface area (Å²) in [7, 11) is 3.07. The maximum absolute atomic E-state index is 14.7. The molecule has 0 spiro atoms. The van der Waals surface area contributed by atoms with Crippen molar-refractivity contribution in [1.29, 1.82) is 0 Å². The third kappa shape index (κ3) is 5.51. The van der Waals surface area contributed by atoms with E-state index in [0.29, 0.717) is 35.0 Å². The van der Waals surface area contributed by atoms with Crippen molar-refractivity contribution in [3.8, 4) is 22.9 Å². The smallest absolute Gasteiger partial charge is 0.260 e. The summed E-state index contributed by atoms with van der Waals surface area (Å²) in [5.74, 6) is -1.20. The van der Waals surface area contributed by atoms with E-state index in [9.17, 15) is 18.4 Å². The minimum absolute atomic E-state index is 0.0831. The first-order chi connectivity index (χ1) is 19.8. The van der Waals surface area contributed by atoms with Crippen molar-refractivity contribution in [2.24, 2.45) is 0 Å². The number of carbonyl (C=O) groups is 2. The number of carbonyl (C=O) groups excluding carboxylic acids is 2. The van der Waals surface area contributed by atoms with Crippen molar-refractivity contribution < 1.29 is 27.8 Å². The van der Waals surface area contributed by atoms with Gasteiger partial charge in [0.25, 0.3) is 11.8 Å². The molecule has 5 rings (SSSR count). The molecule has 3 aromatic carbocycles. The van der Waals surface area contributed by atoms with Crippen LogP contribution in [0.15, 0.2) is 60.7 Å². The summed E-state index contributed by atoms with van der Waals surface area (Å²) in [5, 5.41) is 5.82. The normalized spacial score (nSPS) is 12.2. The number of anilines is 2. The largest absolute Gasteiger partial charge is 0.497 e. The lowest BCUT2D eigenvalue weighted by atomic mass is 10.1. The maximum Gasteiger partial charge on any atom is 0.260 e. The molecule has 210 valence electrons. The van der Waals surface area contributed by atoms with E-state index >= 15 is 0 Å². The summed E-state index contributed by atoms with van der Waals surface area (Å²) in [6.45, 7) is 2.58. The fourth-order valence-corrected chi connectivity index (χ4v) is 4.59. The molecule has 0 radical (unpaired) electrons. The summed E-state index contributed by atoms with van der Waals surface area (Å²) in [5.41, 5.74) is 1.81. The number of benzene rings is 3. The number of fused-ring (bicyclic) bond motifs is 1. The van der Waals surface area contributed by atoms with E-state index in [2.05, 4.69) is 20.6 Å². The van der Waals surface area contributed by atoms with Gasteiger partial charge in [-0.2, -0.15) is 0 Å². The first-order valence-electron chi connectivity index (χ1n) is 12.8. The second-order valence-corrected chi connectivity index (χ2v) is 9.21. The van der Waals surface area contributed by atoms with Gasteiger partial charge in [-0.3, -0.25) is 9.59 Å². The summed E-state index contributed by atoms with van der Waals surface area (Å²) < 4.78 is 40.2.